The van der Waals surface area contributed by atoms with Crippen molar-refractivity contribution in [1.29, 1.82) is 0 Å². The summed E-state index contributed by atoms with van der Waals surface area (Å²) < 4.78 is 0. The zero-order valence-electron chi connectivity index (χ0n) is 11.4. The lowest BCUT2D eigenvalue weighted by atomic mass is 9.63. The van der Waals surface area contributed by atoms with Gasteiger partial charge >= 0.3 is 6.92 Å². The highest BCUT2D eigenvalue weighted by Gasteiger charge is 2.24. The molecule has 2 aromatic carbocycles. The van der Waals surface area contributed by atoms with Crippen molar-refractivity contribution in [2.24, 2.45) is 0 Å². The van der Waals surface area contributed by atoms with Gasteiger partial charge in [0.15, 0.2) is 0 Å². The van der Waals surface area contributed by atoms with Crippen molar-refractivity contribution in [2.75, 3.05) is 5.32 Å². The Hall–Kier alpha value is -2.07. The number of anilines is 1. The van der Waals surface area contributed by atoms with Gasteiger partial charge in [0.25, 0.3) is 5.91 Å². The number of benzene rings is 2. The Morgan fingerprint density at radius 1 is 1.20 bits per heavy atom. The molecule has 100 valence electrons. The van der Waals surface area contributed by atoms with Crippen LogP contribution in [0.5, 0.6) is 0 Å². The van der Waals surface area contributed by atoms with Crippen molar-refractivity contribution >= 4 is 24.0 Å². The van der Waals surface area contributed by atoms with Gasteiger partial charge in [0.1, 0.15) is 0 Å². The molecule has 0 fully saturated rings. The maximum atomic E-state index is 12.1. The van der Waals surface area contributed by atoms with Gasteiger partial charge in [0, 0.05) is 11.3 Å². The summed E-state index contributed by atoms with van der Waals surface area (Å²) in [5.74, 6) is -0.127. The first kappa shape index (κ1) is 12.9. The first-order valence-electron chi connectivity index (χ1n) is 6.82. The molecule has 3 nitrogen and oxygen atoms in total. The molecule has 1 heterocycles. The van der Waals surface area contributed by atoms with Crippen LogP contribution in [0, 0.1) is 6.92 Å². The molecule has 0 aromatic heterocycles. The minimum absolute atomic E-state index is 0.127. The molecule has 0 unspecified atom stereocenters. The molecular formula is C16H16BNO2. The molecule has 20 heavy (non-hydrogen) atoms. The second-order valence-electron chi connectivity index (χ2n) is 5.29. The summed E-state index contributed by atoms with van der Waals surface area (Å²) >= 11 is 0. The van der Waals surface area contributed by atoms with Gasteiger partial charge in [-0.25, -0.2) is 0 Å². The Morgan fingerprint density at radius 2 is 1.95 bits per heavy atom. The highest BCUT2D eigenvalue weighted by atomic mass is 16.2. The van der Waals surface area contributed by atoms with E-state index in [0.717, 1.165) is 29.5 Å². The van der Waals surface area contributed by atoms with Crippen molar-refractivity contribution in [3.05, 3.63) is 59.2 Å². The van der Waals surface area contributed by atoms with Crippen molar-refractivity contribution < 1.29 is 9.82 Å². The third-order valence-electron chi connectivity index (χ3n) is 3.76. The van der Waals surface area contributed by atoms with Crippen LogP contribution >= 0.6 is 0 Å². The number of fused-ring (bicyclic) bond motifs is 1. The van der Waals surface area contributed by atoms with E-state index in [1.165, 1.54) is 5.56 Å². The van der Waals surface area contributed by atoms with Gasteiger partial charge in [0.05, 0.1) is 0 Å². The maximum Gasteiger partial charge on any atom is 0.324 e. The summed E-state index contributed by atoms with van der Waals surface area (Å²) in [6.07, 6.45) is 1.67. The zero-order chi connectivity index (χ0) is 14.1. The summed E-state index contributed by atoms with van der Waals surface area (Å²) in [6.45, 7) is 1.59. The van der Waals surface area contributed by atoms with E-state index >= 15 is 0 Å². The fraction of sp³-hybridized carbons (Fsp3) is 0.188. The predicted molar refractivity (Wildman–Crippen MR) is 81.7 cm³/mol. The van der Waals surface area contributed by atoms with Crippen LogP contribution in [-0.2, 0) is 6.42 Å². The highest BCUT2D eigenvalue weighted by Crippen LogP contribution is 2.17. The van der Waals surface area contributed by atoms with E-state index in [-0.39, 0.29) is 5.91 Å². The second-order valence-corrected chi connectivity index (χ2v) is 5.29. The molecule has 0 saturated heterocycles. The summed E-state index contributed by atoms with van der Waals surface area (Å²) in [5, 5.41) is 12.8. The largest absolute Gasteiger partial charge is 0.446 e. The Kier molecular flexibility index (Phi) is 3.32. The number of hydrogen-bond donors (Lipinski definition) is 2. The average molecular weight is 265 g/mol. The van der Waals surface area contributed by atoms with Gasteiger partial charge in [-0.3, -0.25) is 4.79 Å². The van der Waals surface area contributed by atoms with Gasteiger partial charge < -0.3 is 10.3 Å². The summed E-state index contributed by atoms with van der Waals surface area (Å²) in [6, 6.07) is 13.2. The van der Waals surface area contributed by atoms with Gasteiger partial charge in [0.2, 0.25) is 0 Å². The molecule has 0 aliphatic carbocycles. The molecule has 3 rings (SSSR count). The summed E-state index contributed by atoms with van der Waals surface area (Å²) in [4.78, 5) is 12.1. The van der Waals surface area contributed by atoms with Crippen LogP contribution in [0.15, 0.2) is 42.5 Å². The fourth-order valence-electron chi connectivity index (χ4n) is 2.57. The fourth-order valence-corrected chi connectivity index (χ4v) is 2.57. The van der Waals surface area contributed by atoms with E-state index in [1.54, 1.807) is 0 Å². The van der Waals surface area contributed by atoms with Crippen LogP contribution in [0.1, 0.15) is 21.5 Å². The normalized spacial score (nSPS) is 13.2. The number of rotatable bonds is 2. The van der Waals surface area contributed by atoms with E-state index in [2.05, 4.69) is 5.32 Å². The lowest BCUT2D eigenvalue weighted by Gasteiger charge is -2.08. The third kappa shape index (κ3) is 2.47. The second kappa shape index (κ2) is 5.14. The SMILES string of the molecule is Cc1ccc(C(=O)Nc2ccc3c(c2)B(O)CC3)cc1. The molecule has 1 aliphatic rings. The van der Waals surface area contributed by atoms with Crippen LogP contribution < -0.4 is 10.8 Å². The predicted octanol–water partition coefficient (Wildman–Crippen LogP) is 1.99. The van der Waals surface area contributed by atoms with E-state index in [0.29, 0.717) is 5.56 Å². The quantitative estimate of drug-likeness (QED) is 0.816. The van der Waals surface area contributed by atoms with Crippen molar-refractivity contribution in [2.45, 2.75) is 19.7 Å². The van der Waals surface area contributed by atoms with E-state index in [4.69, 9.17) is 0 Å². The molecule has 0 bridgehead atoms. The molecule has 0 spiro atoms. The molecule has 0 saturated carbocycles. The van der Waals surface area contributed by atoms with Crippen LogP contribution in [0.25, 0.3) is 0 Å². The molecule has 1 amide bonds. The Labute approximate surface area is 118 Å². The van der Waals surface area contributed by atoms with Gasteiger partial charge in [-0.05, 0) is 49.4 Å². The third-order valence-corrected chi connectivity index (χ3v) is 3.76. The average Bonchev–Trinajstić information content (AvgIpc) is 2.81. The standard InChI is InChI=1S/C16H16BNO2/c1-11-2-4-13(5-3-11)16(19)18-14-7-6-12-8-9-17(20)15(12)10-14/h2-7,10,20H,8-9H2,1H3,(H,18,19). The van der Waals surface area contributed by atoms with Gasteiger partial charge in [-0.2, -0.15) is 0 Å². The number of hydrogen-bond acceptors (Lipinski definition) is 2. The topological polar surface area (TPSA) is 49.3 Å². The number of aryl methyl sites for hydroxylation is 2. The Morgan fingerprint density at radius 3 is 2.70 bits per heavy atom. The zero-order valence-corrected chi connectivity index (χ0v) is 11.4. The molecule has 0 radical (unpaired) electrons. The maximum absolute atomic E-state index is 12.1. The van der Waals surface area contributed by atoms with Crippen LogP contribution in [0.3, 0.4) is 0 Å². The van der Waals surface area contributed by atoms with E-state index in [9.17, 15) is 9.82 Å². The number of amides is 1. The smallest absolute Gasteiger partial charge is 0.324 e. The minimum Gasteiger partial charge on any atom is -0.446 e. The van der Waals surface area contributed by atoms with Gasteiger partial charge in [-0.1, -0.05) is 29.3 Å². The van der Waals surface area contributed by atoms with Crippen LogP contribution in [-0.4, -0.2) is 17.8 Å². The minimum atomic E-state index is -0.402. The molecular weight excluding hydrogens is 249 g/mol. The molecule has 2 N–H and O–H groups in total. The number of nitrogens with one attached hydrogen (secondary N) is 1. The van der Waals surface area contributed by atoms with Crippen LogP contribution in [0.2, 0.25) is 6.32 Å². The molecule has 2 aromatic rings. The van der Waals surface area contributed by atoms with Crippen LogP contribution in [0.4, 0.5) is 5.69 Å². The monoisotopic (exact) mass is 265 g/mol. The molecule has 0 atom stereocenters. The lowest BCUT2D eigenvalue weighted by molar-refractivity contribution is 0.102. The first-order valence-corrected chi connectivity index (χ1v) is 6.82. The summed E-state index contributed by atoms with van der Waals surface area (Å²) in [5.41, 5.74) is 4.60. The van der Waals surface area contributed by atoms with E-state index < -0.39 is 6.92 Å². The summed E-state index contributed by atoms with van der Waals surface area (Å²) in [7, 11) is 0. The molecule has 1 aliphatic heterocycles. The number of carbonyl (C=O) groups excluding carboxylic acids is 1. The van der Waals surface area contributed by atoms with Gasteiger partial charge in [-0.15, -0.1) is 0 Å². The highest BCUT2D eigenvalue weighted by molar-refractivity contribution is 6.68. The van der Waals surface area contributed by atoms with Crippen molar-refractivity contribution in [3.63, 3.8) is 0 Å². The van der Waals surface area contributed by atoms with Crippen molar-refractivity contribution in [1.82, 2.24) is 0 Å². The van der Waals surface area contributed by atoms with Crippen molar-refractivity contribution in [3.8, 4) is 0 Å². The Balaban J connectivity index is 1.79. The molecule has 4 heteroatoms. The number of carbonyl (C=O) groups is 1. The Bertz CT molecular complexity index is 652. The first-order chi connectivity index (χ1) is 9.63. The lowest BCUT2D eigenvalue weighted by Crippen LogP contribution is -2.26. The van der Waals surface area contributed by atoms with E-state index in [1.807, 2.05) is 49.4 Å².